The largest absolute Gasteiger partial charge is 0.380 e. The SMILES string of the molecule is C=CCNCCOCC. The van der Waals surface area contributed by atoms with Crippen LogP contribution in [0.25, 0.3) is 0 Å². The van der Waals surface area contributed by atoms with Gasteiger partial charge in [-0.3, -0.25) is 0 Å². The van der Waals surface area contributed by atoms with Gasteiger partial charge in [0.1, 0.15) is 0 Å². The van der Waals surface area contributed by atoms with Crippen LogP contribution in [-0.4, -0.2) is 26.3 Å². The van der Waals surface area contributed by atoms with Crippen molar-refractivity contribution < 1.29 is 4.74 Å². The quantitative estimate of drug-likeness (QED) is 0.423. The highest BCUT2D eigenvalue weighted by Crippen LogP contribution is 1.69. The fourth-order valence-corrected chi connectivity index (χ4v) is 0.493. The minimum atomic E-state index is 0.796. The Morgan fingerprint density at radius 3 is 3.00 bits per heavy atom. The molecule has 0 atom stereocenters. The number of hydrogen-bond acceptors (Lipinski definition) is 2. The summed E-state index contributed by atoms with van der Waals surface area (Å²) in [5.41, 5.74) is 0. The Bertz CT molecular complexity index is 63.9. The van der Waals surface area contributed by atoms with Gasteiger partial charge < -0.3 is 10.1 Å². The topological polar surface area (TPSA) is 21.3 Å². The lowest BCUT2D eigenvalue weighted by Crippen LogP contribution is -2.19. The van der Waals surface area contributed by atoms with E-state index in [1.54, 1.807) is 0 Å². The first kappa shape index (κ1) is 8.66. The van der Waals surface area contributed by atoms with Crippen molar-refractivity contribution in [3.05, 3.63) is 12.7 Å². The highest BCUT2D eigenvalue weighted by atomic mass is 16.5. The lowest BCUT2D eigenvalue weighted by molar-refractivity contribution is 0.150. The van der Waals surface area contributed by atoms with Gasteiger partial charge in [0.15, 0.2) is 0 Å². The van der Waals surface area contributed by atoms with Crippen LogP contribution < -0.4 is 5.32 Å². The predicted octanol–water partition coefficient (Wildman–Crippen LogP) is 0.798. The standard InChI is InChI=1S/C7H15NO/c1-3-5-8-6-7-9-4-2/h3,8H,1,4-7H2,2H3. The zero-order chi connectivity index (χ0) is 6.95. The normalized spacial score (nSPS) is 9.44. The fourth-order valence-electron chi connectivity index (χ4n) is 0.493. The molecular weight excluding hydrogens is 114 g/mol. The number of rotatable bonds is 6. The molecule has 54 valence electrons. The molecule has 0 heterocycles. The molecular formula is C7H15NO. The summed E-state index contributed by atoms with van der Waals surface area (Å²) in [5, 5.41) is 3.13. The first-order valence-corrected chi connectivity index (χ1v) is 3.31. The van der Waals surface area contributed by atoms with Gasteiger partial charge in [0.25, 0.3) is 0 Å². The van der Waals surface area contributed by atoms with Gasteiger partial charge in [0.05, 0.1) is 6.61 Å². The summed E-state index contributed by atoms with van der Waals surface area (Å²) in [5.74, 6) is 0. The third-order valence-corrected chi connectivity index (χ3v) is 0.916. The maximum absolute atomic E-state index is 5.08. The van der Waals surface area contributed by atoms with Crippen LogP contribution in [-0.2, 0) is 4.74 Å². The van der Waals surface area contributed by atoms with Gasteiger partial charge in [-0.2, -0.15) is 0 Å². The van der Waals surface area contributed by atoms with Crippen molar-refractivity contribution in [1.82, 2.24) is 5.32 Å². The number of hydrogen-bond donors (Lipinski definition) is 1. The van der Waals surface area contributed by atoms with Gasteiger partial charge in [0, 0.05) is 19.7 Å². The molecule has 0 aromatic rings. The second-order valence-corrected chi connectivity index (χ2v) is 1.69. The maximum Gasteiger partial charge on any atom is 0.0590 e. The van der Waals surface area contributed by atoms with E-state index in [9.17, 15) is 0 Å². The Kier molecular flexibility index (Phi) is 7.37. The minimum absolute atomic E-state index is 0.796. The highest BCUT2D eigenvalue weighted by molar-refractivity contribution is 4.68. The molecule has 2 nitrogen and oxygen atoms in total. The molecule has 0 aliphatic heterocycles. The van der Waals surface area contributed by atoms with E-state index >= 15 is 0 Å². The monoisotopic (exact) mass is 129 g/mol. The Morgan fingerprint density at radius 1 is 1.67 bits per heavy atom. The van der Waals surface area contributed by atoms with E-state index < -0.39 is 0 Å². The van der Waals surface area contributed by atoms with Crippen LogP contribution in [0, 0.1) is 0 Å². The number of nitrogens with one attached hydrogen (secondary N) is 1. The summed E-state index contributed by atoms with van der Waals surface area (Å²) >= 11 is 0. The van der Waals surface area contributed by atoms with Crippen LogP contribution in [0.3, 0.4) is 0 Å². The summed E-state index contributed by atoms with van der Waals surface area (Å²) in [7, 11) is 0. The van der Waals surface area contributed by atoms with Crippen molar-refractivity contribution >= 4 is 0 Å². The van der Waals surface area contributed by atoms with Crippen LogP contribution >= 0.6 is 0 Å². The molecule has 0 bridgehead atoms. The molecule has 0 rings (SSSR count). The van der Waals surface area contributed by atoms with Crippen LogP contribution in [0.4, 0.5) is 0 Å². The van der Waals surface area contributed by atoms with Crippen LogP contribution in [0.5, 0.6) is 0 Å². The molecule has 0 unspecified atom stereocenters. The van der Waals surface area contributed by atoms with Crippen molar-refractivity contribution in [3.63, 3.8) is 0 Å². The first-order chi connectivity index (χ1) is 4.41. The Labute approximate surface area is 56.9 Å². The minimum Gasteiger partial charge on any atom is -0.380 e. The average molecular weight is 129 g/mol. The second kappa shape index (κ2) is 7.66. The van der Waals surface area contributed by atoms with E-state index in [1.807, 2.05) is 13.0 Å². The molecule has 0 saturated heterocycles. The Balaban J connectivity index is 2.66. The smallest absolute Gasteiger partial charge is 0.0590 e. The van der Waals surface area contributed by atoms with E-state index in [-0.39, 0.29) is 0 Å². The zero-order valence-corrected chi connectivity index (χ0v) is 6.02. The van der Waals surface area contributed by atoms with Gasteiger partial charge >= 0.3 is 0 Å². The molecule has 0 aromatic heterocycles. The summed E-state index contributed by atoms with van der Waals surface area (Å²) in [4.78, 5) is 0. The molecule has 0 spiro atoms. The van der Waals surface area contributed by atoms with E-state index in [1.165, 1.54) is 0 Å². The molecule has 2 heteroatoms. The Hall–Kier alpha value is -0.340. The zero-order valence-electron chi connectivity index (χ0n) is 6.02. The molecule has 0 aliphatic carbocycles. The van der Waals surface area contributed by atoms with Crippen molar-refractivity contribution in [2.24, 2.45) is 0 Å². The first-order valence-electron chi connectivity index (χ1n) is 3.31. The van der Waals surface area contributed by atoms with Crippen LogP contribution in [0.1, 0.15) is 6.92 Å². The second-order valence-electron chi connectivity index (χ2n) is 1.69. The van der Waals surface area contributed by atoms with Crippen molar-refractivity contribution in [1.29, 1.82) is 0 Å². The van der Waals surface area contributed by atoms with E-state index in [0.29, 0.717) is 0 Å². The van der Waals surface area contributed by atoms with Gasteiger partial charge in [-0.15, -0.1) is 6.58 Å². The van der Waals surface area contributed by atoms with Gasteiger partial charge in [0.2, 0.25) is 0 Å². The Morgan fingerprint density at radius 2 is 2.44 bits per heavy atom. The molecule has 0 aromatic carbocycles. The van der Waals surface area contributed by atoms with Crippen LogP contribution in [0.2, 0.25) is 0 Å². The van der Waals surface area contributed by atoms with E-state index in [2.05, 4.69) is 11.9 Å². The summed E-state index contributed by atoms with van der Waals surface area (Å²) < 4.78 is 5.08. The fraction of sp³-hybridized carbons (Fsp3) is 0.714. The van der Waals surface area contributed by atoms with Gasteiger partial charge in [-0.25, -0.2) is 0 Å². The van der Waals surface area contributed by atoms with E-state index in [4.69, 9.17) is 4.74 Å². The average Bonchev–Trinajstić information content (AvgIpc) is 1.89. The van der Waals surface area contributed by atoms with Crippen molar-refractivity contribution in [2.75, 3.05) is 26.3 Å². The molecule has 1 N–H and O–H groups in total. The summed E-state index contributed by atoms with van der Waals surface area (Å²) in [6.45, 7) is 8.95. The third-order valence-electron chi connectivity index (χ3n) is 0.916. The summed E-state index contributed by atoms with van der Waals surface area (Å²) in [6, 6.07) is 0. The molecule has 0 aliphatic rings. The van der Waals surface area contributed by atoms with E-state index in [0.717, 1.165) is 26.3 Å². The predicted molar refractivity (Wildman–Crippen MR) is 39.6 cm³/mol. The van der Waals surface area contributed by atoms with Gasteiger partial charge in [-0.05, 0) is 6.92 Å². The third kappa shape index (κ3) is 7.66. The summed E-state index contributed by atoms with van der Waals surface area (Å²) in [6.07, 6.45) is 1.84. The van der Waals surface area contributed by atoms with Gasteiger partial charge in [-0.1, -0.05) is 6.08 Å². The molecule has 9 heavy (non-hydrogen) atoms. The van der Waals surface area contributed by atoms with Crippen molar-refractivity contribution in [2.45, 2.75) is 6.92 Å². The lowest BCUT2D eigenvalue weighted by Gasteiger charge is -1.99. The van der Waals surface area contributed by atoms with Crippen LogP contribution in [0.15, 0.2) is 12.7 Å². The number of ether oxygens (including phenoxy) is 1. The molecule has 0 amide bonds. The molecule has 0 radical (unpaired) electrons. The maximum atomic E-state index is 5.08. The molecule has 0 fully saturated rings. The van der Waals surface area contributed by atoms with Crippen molar-refractivity contribution in [3.8, 4) is 0 Å². The molecule has 0 saturated carbocycles. The lowest BCUT2D eigenvalue weighted by atomic mass is 10.6. The highest BCUT2D eigenvalue weighted by Gasteiger charge is 1.81.